The molecule has 2 aromatic heterocycles. The van der Waals surface area contributed by atoms with E-state index in [0.29, 0.717) is 5.69 Å². The van der Waals surface area contributed by atoms with Gasteiger partial charge in [0.15, 0.2) is 5.13 Å². The lowest BCUT2D eigenvalue weighted by atomic mass is 10.1. The summed E-state index contributed by atoms with van der Waals surface area (Å²) >= 11 is 1.44. The maximum absolute atomic E-state index is 12.3. The SMILES string of the molecule is Cc1ccc(NC(=O)c2csc(-n3cccc3)n2)c(C)c1. The average molecular weight is 297 g/mol. The summed E-state index contributed by atoms with van der Waals surface area (Å²) in [6, 6.07) is 9.80. The molecule has 0 aliphatic carbocycles. The summed E-state index contributed by atoms with van der Waals surface area (Å²) in [6.45, 7) is 4.01. The molecule has 5 heteroatoms. The number of rotatable bonds is 3. The number of nitrogens with zero attached hydrogens (tertiary/aromatic N) is 2. The second kappa shape index (κ2) is 5.54. The first kappa shape index (κ1) is 13.6. The Hall–Kier alpha value is -2.40. The third-order valence-corrected chi connectivity index (χ3v) is 4.03. The van der Waals surface area contributed by atoms with Gasteiger partial charge in [-0.05, 0) is 37.6 Å². The number of anilines is 1. The molecule has 0 unspecified atom stereocenters. The van der Waals surface area contributed by atoms with Gasteiger partial charge in [0.25, 0.3) is 5.91 Å². The van der Waals surface area contributed by atoms with E-state index in [1.807, 2.05) is 61.1 Å². The van der Waals surface area contributed by atoms with Crippen LogP contribution in [0.1, 0.15) is 21.6 Å². The molecule has 4 nitrogen and oxygen atoms in total. The first-order chi connectivity index (χ1) is 10.1. The van der Waals surface area contributed by atoms with Crippen molar-refractivity contribution in [3.8, 4) is 5.13 Å². The third kappa shape index (κ3) is 2.87. The van der Waals surface area contributed by atoms with Gasteiger partial charge < -0.3 is 9.88 Å². The normalized spacial score (nSPS) is 10.6. The zero-order chi connectivity index (χ0) is 14.8. The molecule has 21 heavy (non-hydrogen) atoms. The second-order valence-corrected chi connectivity index (χ2v) is 5.71. The zero-order valence-electron chi connectivity index (χ0n) is 11.8. The van der Waals surface area contributed by atoms with Crippen molar-refractivity contribution in [3.05, 3.63) is 64.9 Å². The van der Waals surface area contributed by atoms with Gasteiger partial charge in [-0.1, -0.05) is 17.7 Å². The second-order valence-electron chi connectivity index (χ2n) is 4.88. The van der Waals surface area contributed by atoms with E-state index in [1.54, 1.807) is 5.38 Å². The summed E-state index contributed by atoms with van der Waals surface area (Å²) in [5.41, 5.74) is 3.48. The van der Waals surface area contributed by atoms with Gasteiger partial charge in [-0.25, -0.2) is 4.98 Å². The quantitative estimate of drug-likeness (QED) is 0.799. The maximum atomic E-state index is 12.3. The molecule has 106 valence electrons. The summed E-state index contributed by atoms with van der Waals surface area (Å²) in [7, 11) is 0. The number of hydrogen-bond acceptors (Lipinski definition) is 3. The van der Waals surface area contributed by atoms with Crippen LogP contribution in [0.4, 0.5) is 5.69 Å². The molecular weight excluding hydrogens is 282 g/mol. The number of amides is 1. The van der Waals surface area contributed by atoms with Crippen LogP contribution in [0.15, 0.2) is 48.1 Å². The third-order valence-electron chi connectivity index (χ3n) is 3.18. The minimum atomic E-state index is -0.184. The molecule has 0 bridgehead atoms. The van der Waals surface area contributed by atoms with Gasteiger partial charge in [-0.2, -0.15) is 0 Å². The number of carbonyl (C=O) groups excluding carboxylic acids is 1. The van der Waals surface area contributed by atoms with Crippen molar-refractivity contribution in [3.63, 3.8) is 0 Å². The van der Waals surface area contributed by atoms with Crippen molar-refractivity contribution in [2.75, 3.05) is 5.32 Å². The van der Waals surface area contributed by atoms with Crippen molar-refractivity contribution in [1.82, 2.24) is 9.55 Å². The van der Waals surface area contributed by atoms with Crippen LogP contribution in [0, 0.1) is 13.8 Å². The van der Waals surface area contributed by atoms with E-state index in [0.717, 1.165) is 16.4 Å². The lowest BCUT2D eigenvalue weighted by molar-refractivity contribution is 0.102. The van der Waals surface area contributed by atoms with Crippen LogP contribution in [0.25, 0.3) is 5.13 Å². The highest BCUT2D eigenvalue weighted by atomic mass is 32.1. The molecular formula is C16H15N3OS. The molecule has 0 aliphatic rings. The fourth-order valence-corrected chi connectivity index (χ4v) is 2.86. The van der Waals surface area contributed by atoms with E-state index in [2.05, 4.69) is 10.3 Å². The predicted molar refractivity (Wildman–Crippen MR) is 85.3 cm³/mol. The fraction of sp³-hybridized carbons (Fsp3) is 0.125. The van der Waals surface area contributed by atoms with Gasteiger partial charge in [0.1, 0.15) is 5.69 Å². The zero-order valence-corrected chi connectivity index (χ0v) is 12.6. The van der Waals surface area contributed by atoms with E-state index in [9.17, 15) is 4.79 Å². The standard InChI is InChI=1S/C16H15N3OS/c1-11-5-6-13(12(2)9-11)17-15(20)14-10-21-16(18-14)19-7-3-4-8-19/h3-10H,1-2H3,(H,17,20). The van der Waals surface area contributed by atoms with Crippen LogP contribution >= 0.6 is 11.3 Å². The predicted octanol–water partition coefficient (Wildman–Crippen LogP) is 3.80. The van der Waals surface area contributed by atoms with Crippen molar-refractivity contribution in [2.24, 2.45) is 0 Å². The maximum Gasteiger partial charge on any atom is 0.275 e. The number of hydrogen-bond donors (Lipinski definition) is 1. The van der Waals surface area contributed by atoms with Crippen molar-refractivity contribution < 1.29 is 4.79 Å². The van der Waals surface area contributed by atoms with Crippen LogP contribution in [0.5, 0.6) is 0 Å². The molecule has 3 aromatic rings. The molecule has 0 saturated heterocycles. The Morgan fingerprint density at radius 2 is 2.00 bits per heavy atom. The van der Waals surface area contributed by atoms with Crippen molar-refractivity contribution >= 4 is 22.9 Å². The van der Waals surface area contributed by atoms with E-state index < -0.39 is 0 Å². The Morgan fingerprint density at radius 3 is 2.71 bits per heavy atom. The Morgan fingerprint density at radius 1 is 1.24 bits per heavy atom. The van der Waals surface area contributed by atoms with Crippen LogP contribution < -0.4 is 5.32 Å². The summed E-state index contributed by atoms with van der Waals surface area (Å²) in [4.78, 5) is 16.6. The molecule has 1 N–H and O–H groups in total. The topological polar surface area (TPSA) is 46.9 Å². The van der Waals surface area contributed by atoms with Crippen LogP contribution in [-0.2, 0) is 0 Å². The van der Waals surface area contributed by atoms with Crippen LogP contribution in [-0.4, -0.2) is 15.5 Å². The van der Waals surface area contributed by atoms with Gasteiger partial charge in [-0.15, -0.1) is 11.3 Å². The minimum absolute atomic E-state index is 0.184. The largest absolute Gasteiger partial charge is 0.320 e. The van der Waals surface area contributed by atoms with E-state index in [4.69, 9.17) is 0 Å². The lowest BCUT2D eigenvalue weighted by Crippen LogP contribution is -2.13. The smallest absolute Gasteiger partial charge is 0.275 e. The molecule has 2 heterocycles. The molecule has 0 fully saturated rings. The molecule has 1 amide bonds. The monoisotopic (exact) mass is 297 g/mol. The summed E-state index contributed by atoms with van der Waals surface area (Å²) in [6.07, 6.45) is 3.81. The number of aryl methyl sites for hydroxylation is 2. The van der Waals surface area contributed by atoms with Crippen LogP contribution in [0.2, 0.25) is 0 Å². The van der Waals surface area contributed by atoms with Crippen LogP contribution in [0.3, 0.4) is 0 Å². The molecule has 0 radical (unpaired) electrons. The number of benzene rings is 1. The Balaban J connectivity index is 1.79. The van der Waals surface area contributed by atoms with Gasteiger partial charge >= 0.3 is 0 Å². The summed E-state index contributed by atoms with van der Waals surface area (Å²) in [5.74, 6) is -0.184. The Kier molecular flexibility index (Phi) is 3.58. The number of carbonyl (C=O) groups is 1. The molecule has 0 aliphatic heterocycles. The molecule has 3 rings (SSSR count). The molecule has 0 atom stereocenters. The Labute approximate surface area is 127 Å². The van der Waals surface area contributed by atoms with Crippen molar-refractivity contribution in [1.29, 1.82) is 0 Å². The van der Waals surface area contributed by atoms with Crippen molar-refractivity contribution in [2.45, 2.75) is 13.8 Å². The summed E-state index contributed by atoms with van der Waals surface area (Å²) < 4.78 is 1.89. The van der Waals surface area contributed by atoms with E-state index in [-0.39, 0.29) is 5.91 Å². The first-order valence-electron chi connectivity index (χ1n) is 6.61. The van der Waals surface area contributed by atoms with Gasteiger partial charge in [-0.3, -0.25) is 4.79 Å². The highest BCUT2D eigenvalue weighted by Gasteiger charge is 2.12. The molecule has 1 aromatic carbocycles. The first-order valence-corrected chi connectivity index (χ1v) is 7.49. The van der Waals surface area contributed by atoms with Gasteiger partial charge in [0.05, 0.1) is 0 Å². The van der Waals surface area contributed by atoms with Gasteiger partial charge in [0.2, 0.25) is 0 Å². The minimum Gasteiger partial charge on any atom is -0.320 e. The lowest BCUT2D eigenvalue weighted by Gasteiger charge is -2.07. The van der Waals surface area contributed by atoms with E-state index in [1.165, 1.54) is 16.9 Å². The average Bonchev–Trinajstić information content (AvgIpc) is 3.10. The number of thiazole rings is 1. The highest BCUT2D eigenvalue weighted by Crippen LogP contribution is 2.19. The number of nitrogens with one attached hydrogen (secondary N) is 1. The van der Waals surface area contributed by atoms with E-state index >= 15 is 0 Å². The Bertz CT molecular complexity index is 775. The van der Waals surface area contributed by atoms with Gasteiger partial charge in [0, 0.05) is 23.5 Å². The number of aromatic nitrogens is 2. The molecule has 0 spiro atoms. The highest BCUT2D eigenvalue weighted by molar-refractivity contribution is 7.12. The molecule has 0 saturated carbocycles. The fourth-order valence-electron chi connectivity index (χ4n) is 2.09. The summed E-state index contributed by atoms with van der Waals surface area (Å²) in [5, 5.41) is 5.46.